The molecule has 0 spiro atoms. The van der Waals surface area contributed by atoms with Crippen molar-refractivity contribution in [3.05, 3.63) is 53.3 Å². The number of hydrogen-bond acceptors (Lipinski definition) is 5. The highest BCUT2D eigenvalue weighted by Crippen LogP contribution is 2.16. The van der Waals surface area contributed by atoms with Gasteiger partial charge in [-0.25, -0.2) is 0 Å². The van der Waals surface area contributed by atoms with Gasteiger partial charge in [-0.3, -0.25) is 9.59 Å². The molecular formula is C15H16N2O3. The number of nitrogens with two attached hydrogens (primary N) is 1. The first-order chi connectivity index (χ1) is 9.60. The molecule has 3 N–H and O–H groups in total. The third-order valence-electron chi connectivity index (χ3n) is 2.90. The lowest BCUT2D eigenvalue weighted by molar-refractivity contribution is -0.115. The van der Waals surface area contributed by atoms with Gasteiger partial charge in [0, 0.05) is 17.3 Å². The summed E-state index contributed by atoms with van der Waals surface area (Å²) in [5.41, 5.74) is 7.71. The standard InChI is InChI=1S/C15H16N2O3/c1-10-6-15(19)13(7-14(10)18)17-12-4-2-11(3-5-12)8-20-9-16/h2-7,17H,8-9,16H2,1H3. The van der Waals surface area contributed by atoms with Crippen molar-refractivity contribution in [2.75, 3.05) is 12.0 Å². The van der Waals surface area contributed by atoms with Crippen LogP contribution >= 0.6 is 0 Å². The third kappa shape index (κ3) is 3.40. The molecule has 0 unspecified atom stereocenters. The average molecular weight is 272 g/mol. The van der Waals surface area contributed by atoms with E-state index in [1.165, 1.54) is 12.2 Å². The second kappa shape index (κ2) is 6.27. The van der Waals surface area contributed by atoms with Crippen LogP contribution in [0, 0.1) is 0 Å². The highest BCUT2D eigenvalue weighted by atomic mass is 16.5. The Bertz CT molecular complexity index is 586. The van der Waals surface area contributed by atoms with E-state index in [1.807, 2.05) is 24.3 Å². The summed E-state index contributed by atoms with van der Waals surface area (Å²) in [6.45, 7) is 2.24. The van der Waals surface area contributed by atoms with Gasteiger partial charge < -0.3 is 15.8 Å². The highest BCUT2D eigenvalue weighted by molar-refractivity contribution is 6.20. The molecule has 1 aromatic carbocycles. The van der Waals surface area contributed by atoms with Gasteiger partial charge in [0.15, 0.2) is 5.78 Å². The van der Waals surface area contributed by atoms with Crippen LogP contribution in [0.15, 0.2) is 47.7 Å². The summed E-state index contributed by atoms with van der Waals surface area (Å²) < 4.78 is 5.09. The van der Waals surface area contributed by atoms with E-state index in [0.29, 0.717) is 12.2 Å². The molecule has 0 fully saturated rings. The van der Waals surface area contributed by atoms with E-state index in [2.05, 4.69) is 5.32 Å². The van der Waals surface area contributed by atoms with Gasteiger partial charge >= 0.3 is 0 Å². The molecule has 5 heteroatoms. The lowest BCUT2D eigenvalue weighted by Gasteiger charge is -2.12. The molecule has 1 aliphatic rings. The first kappa shape index (κ1) is 14.2. The Balaban J connectivity index is 2.05. The van der Waals surface area contributed by atoms with Crippen molar-refractivity contribution >= 4 is 17.3 Å². The van der Waals surface area contributed by atoms with Gasteiger partial charge in [-0.2, -0.15) is 0 Å². The predicted octanol–water partition coefficient (Wildman–Crippen LogP) is 1.51. The summed E-state index contributed by atoms with van der Waals surface area (Å²) in [7, 11) is 0. The minimum Gasteiger partial charge on any atom is -0.362 e. The molecule has 0 heterocycles. The van der Waals surface area contributed by atoms with E-state index < -0.39 is 0 Å². The second-order valence-electron chi connectivity index (χ2n) is 4.45. The lowest BCUT2D eigenvalue weighted by atomic mass is 10.0. The maximum atomic E-state index is 11.8. The first-order valence-corrected chi connectivity index (χ1v) is 6.22. The zero-order valence-electron chi connectivity index (χ0n) is 11.2. The van der Waals surface area contributed by atoms with Crippen LogP contribution in [0.1, 0.15) is 12.5 Å². The SMILES string of the molecule is CC1=CC(=O)C(Nc2ccc(COCN)cc2)=CC1=O. The van der Waals surface area contributed by atoms with Crippen LogP contribution in [-0.4, -0.2) is 18.3 Å². The summed E-state index contributed by atoms with van der Waals surface area (Å²) in [5, 5.41) is 2.95. The third-order valence-corrected chi connectivity index (χ3v) is 2.90. The average Bonchev–Trinajstić information content (AvgIpc) is 2.44. The fraction of sp³-hybridized carbons (Fsp3) is 0.200. The van der Waals surface area contributed by atoms with Gasteiger partial charge in [0.25, 0.3) is 0 Å². The molecule has 2 rings (SSSR count). The molecule has 5 nitrogen and oxygen atoms in total. The largest absolute Gasteiger partial charge is 0.362 e. The van der Waals surface area contributed by atoms with Gasteiger partial charge in [-0.15, -0.1) is 0 Å². The summed E-state index contributed by atoms with van der Waals surface area (Å²) >= 11 is 0. The molecule has 104 valence electrons. The van der Waals surface area contributed by atoms with E-state index >= 15 is 0 Å². The maximum absolute atomic E-state index is 11.8. The Morgan fingerprint density at radius 2 is 1.80 bits per heavy atom. The zero-order chi connectivity index (χ0) is 14.5. The van der Waals surface area contributed by atoms with Crippen molar-refractivity contribution in [3.63, 3.8) is 0 Å². The summed E-state index contributed by atoms with van der Waals surface area (Å²) in [5.74, 6) is -0.349. The maximum Gasteiger partial charge on any atom is 0.202 e. The number of nitrogens with one attached hydrogen (secondary N) is 1. The van der Waals surface area contributed by atoms with Crippen LogP contribution in [0.2, 0.25) is 0 Å². The van der Waals surface area contributed by atoms with E-state index in [4.69, 9.17) is 10.5 Å². The summed E-state index contributed by atoms with van der Waals surface area (Å²) in [6.07, 6.45) is 2.66. The zero-order valence-corrected chi connectivity index (χ0v) is 11.2. The van der Waals surface area contributed by atoms with Crippen LogP contribution in [-0.2, 0) is 20.9 Å². The topological polar surface area (TPSA) is 81.4 Å². The van der Waals surface area contributed by atoms with Crippen LogP contribution in [0.5, 0.6) is 0 Å². The van der Waals surface area contributed by atoms with Crippen molar-refractivity contribution in [3.8, 4) is 0 Å². The molecule has 0 radical (unpaired) electrons. The summed E-state index contributed by atoms with van der Waals surface area (Å²) in [6, 6.07) is 7.38. The van der Waals surface area contributed by atoms with Crippen LogP contribution in [0.3, 0.4) is 0 Å². The molecule has 0 saturated heterocycles. The number of anilines is 1. The quantitative estimate of drug-likeness (QED) is 0.627. The molecule has 0 bridgehead atoms. The van der Waals surface area contributed by atoms with Gasteiger partial charge in [0.05, 0.1) is 19.0 Å². The van der Waals surface area contributed by atoms with Crippen LogP contribution in [0.25, 0.3) is 0 Å². The van der Waals surface area contributed by atoms with E-state index in [0.717, 1.165) is 11.3 Å². The van der Waals surface area contributed by atoms with Gasteiger partial charge in [-0.05, 0) is 30.7 Å². The Morgan fingerprint density at radius 1 is 1.10 bits per heavy atom. The van der Waals surface area contributed by atoms with E-state index in [1.54, 1.807) is 6.92 Å². The molecule has 20 heavy (non-hydrogen) atoms. The van der Waals surface area contributed by atoms with Crippen molar-refractivity contribution in [2.45, 2.75) is 13.5 Å². The Labute approximate surface area is 117 Å². The van der Waals surface area contributed by atoms with E-state index in [-0.39, 0.29) is 24.0 Å². The molecule has 1 aromatic rings. The molecule has 0 atom stereocenters. The van der Waals surface area contributed by atoms with Gasteiger partial charge in [-0.1, -0.05) is 12.1 Å². The van der Waals surface area contributed by atoms with Crippen molar-refractivity contribution in [1.82, 2.24) is 0 Å². The fourth-order valence-electron chi connectivity index (χ4n) is 1.78. The van der Waals surface area contributed by atoms with Gasteiger partial charge in [0.1, 0.15) is 0 Å². The number of carbonyl (C=O) groups is 2. The molecule has 1 aliphatic carbocycles. The number of ketones is 2. The molecule has 0 saturated carbocycles. The number of ether oxygens (including phenoxy) is 1. The normalized spacial score (nSPS) is 14.9. The first-order valence-electron chi connectivity index (χ1n) is 6.22. The van der Waals surface area contributed by atoms with Gasteiger partial charge in [0.2, 0.25) is 5.78 Å². The minimum absolute atomic E-state index is 0.153. The second-order valence-corrected chi connectivity index (χ2v) is 4.45. The molecule has 0 amide bonds. The predicted molar refractivity (Wildman–Crippen MR) is 75.8 cm³/mol. The molecule has 0 aliphatic heterocycles. The minimum atomic E-state index is -0.197. The Morgan fingerprint density at radius 3 is 2.45 bits per heavy atom. The monoisotopic (exact) mass is 272 g/mol. The van der Waals surface area contributed by atoms with Crippen molar-refractivity contribution in [2.24, 2.45) is 5.73 Å². The van der Waals surface area contributed by atoms with Crippen LogP contribution < -0.4 is 11.1 Å². The lowest BCUT2D eigenvalue weighted by Crippen LogP contribution is -2.17. The van der Waals surface area contributed by atoms with Crippen molar-refractivity contribution < 1.29 is 14.3 Å². The smallest absolute Gasteiger partial charge is 0.202 e. The Kier molecular flexibility index (Phi) is 4.45. The fourth-order valence-corrected chi connectivity index (χ4v) is 1.78. The number of benzene rings is 1. The van der Waals surface area contributed by atoms with Crippen molar-refractivity contribution in [1.29, 1.82) is 0 Å². The summed E-state index contributed by atoms with van der Waals surface area (Å²) in [4.78, 5) is 23.3. The number of carbonyl (C=O) groups excluding carboxylic acids is 2. The van der Waals surface area contributed by atoms with E-state index in [9.17, 15) is 9.59 Å². The Hall–Kier alpha value is -2.24. The number of allylic oxidation sites excluding steroid dienone is 3. The molecule has 0 aromatic heterocycles. The molecular weight excluding hydrogens is 256 g/mol. The number of rotatable bonds is 5. The highest BCUT2D eigenvalue weighted by Gasteiger charge is 2.17. The number of hydrogen-bond donors (Lipinski definition) is 2. The van der Waals surface area contributed by atoms with Crippen LogP contribution in [0.4, 0.5) is 5.69 Å².